The van der Waals surface area contributed by atoms with Gasteiger partial charge in [0.1, 0.15) is 11.2 Å². The minimum Gasteiger partial charge on any atom is -0.456 e. The van der Waals surface area contributed by atoms with Gasteiger partial charge in [-0.25, -0.2) is 0 Å². The third-order valence-electron chi connectivity index (χ3n) is 11.8. The van der Waals surface area contributed by atoms with Crippen LogP contribution in [0.1, 0.15) is 17.5 Å². The molecule has 1 atom stereocenters. The van der Waals surface area contributed by atoms with Crippen LogP contribution in [0, 0.1) is 28.6 Å². The number of rotatable bonds is 4. The van der Waals surface area contributed by atoms with Crippen molar-refractivity contribution in [2.24, 2.45) is 5.92 Å². The lowest BCUT2D eigenvalue weighted by Crippen LogP contribution is -2.04. The summed E-state index contributed by atoms with van der Waals surface area (Å²) in [6, 6.07) is 60.2. The van der Waals surface area contributed by atoms with Crippen LogP contribution in [0.3, 0.4) is 0 Å². The summed E-state index contributed by atoms with van der Waals surface area (Å²) in [6.45, 7) is 0. The van der Waals surface area contributed by atoms with Gasteiger partial charge in [-0.3, -0.25) is 0 Å². The van der Waals surface area contributed by atoms with Gasteiger partial charge < -0.3 is 4.42 Å². The van der Waals surface area contributed by atoms with Crippen molar-refractivity contribution in [3.05, 3.63) is 187 Å². The van der Waals surface area contributed by atoms with Gasteiger partial charge in [-0.2, -0.15) is 10.5 Å². The highest BCUT2D eigenvalue weighted by Gasteiger charge is 2.25. The van der Waals surface area contributed by atoms with Gasteiger partial charge in [-0.15, -0.1) is 0 Å². The maximum atomic E-state index is 10.2. The Balaban J connectivity index is 1.17. The Bertz CT molecular complexity index is 3360. The number of furan rings is 1. The SMILES string of the molecule is N#Cc1ccccc1-c1c2ccccc2c(-c2ccc3c(c2)oc2cccc(-c4c5ccccc5c(C5=CC=CCC5C#N)c5ccccc45)c23)c2ccccc12. The second-order valence-electron chi connectivity index (χ2n) is 14.8. The monoisotopic (exact) mass is 724 g/mol. The molecule has 0 N–H and O–H groups in total. The fraction of sp³-hybridized carbons (Fsp3) is 0.0370. The van der Waals surface area contributed by atoms with Crippen LogP contribution in [0.4, 0.5) is 0 Å². The second-order valence-corrected chi connectivity index (χ2v) is 14.8. The van der Waals surface area contributed by atoms with Gasteiger partial charge in [0.15, 0.2) is 0 Å². The number of nitrogens with zero attached hydrogens (tertiary/aromatic N) is 2. The largest absolute Gasteiger partial charge is 0.456 e. The molecule has 1 unspecified atom stereocenters. The molecule has 11 rings (SSSR count). The minimum absolute atomic E-state index is 0.207. The first-order valence-electron chi connectivity index (χ1n) is 19.3. The third-order valence-corrected chi connectivity index (χ3v) is 11.8. The summed E-state index contributed by atoms with van der Waals surface area (Å²) in [5.74, 6) is -0.207. The molecule has 0 spiro atoms. The number of fused-ring (bicyclic) bond motifs is 7. The maximum Gasteiger partial charge on any atom is 0.136 e. The number of nitriles is 2. The molecule has 0 amide bonds. The van der Waals surface area contributed by atoms with E-state index in [2.05, 4.69) is 170 Å². The molecule has 0 radical (unpaired) electrons. The van der Waals surface area contributed by atoms with Crippen molar-refractivity contribution in [2.45, 2.75) is 6.42 Å². The summed E-state index contributed by atoms with van der Waals surface area (Å²) in [6.07, 6.45) is 7.00. The molecule has 3 nitrogen and oxygen atoms in total. The Labute approximate surface area is 329 Å². The Morgan fingerprint density at radius 3 is 1.60 bits per heavy atom. The summed E-state index contributed by atoms with van der Waals surface area (Å²) in [4.78, 5) is 0. The van der Waals surface area contributed by atoms with E-state index in [0.717, 1.165) is 110 Å². The second kappa shape index (κ2) is 13.0. The van der Waals surface area contributed by atoms with Gasteiger partial charge in [0.2, 0.25) is 0 Å². The highest BCUT2D eigenvalue weighted by molar-refractivity contribution is 6.25. The van der Waals surface area contributed by atoms with Crippen LogP contribution in [0.2, 0.25) is 0 Å². The van der Waals surface area contributed by atoms with Crippen LogP contribution in [-0.4, -0.2) is 0 Å². The van der Waals surface area contributed by atoms with E-state index >= 15 is 0 Å². The van der Waals surface area contributed by atoms with E-state index in [1.807, 2.05) is 18.2 Å². The lowest BCUT2D eigenvalue weighted by atomic mass is 9.80. The van der Waals surface area contributed by atoms with Gasteiger partial charge in [0, 0.05) is 16.3 Å². The molecule has 57 heavy (non-hydrogen) atoms. The van der Waals surface area contributed by atoms with Crippen LogP contribution >= 0.6 is 0 Å². The fourth-order valence-corrected chi connectivity index (χ4v) is 9.46. The predicted octanol–water partition coefficient (Wildman–Crippen LogP) is 14.6. The Hall–Kier alpha value is -7.72. The van der Waals surface area contributed by atoms with Gasteiger partial charge in [-0.05, 0) is 113 Å². The van der Waals surface area contributed by atoms with Crippen molar-refractivity contribution in [3.63, 3.8) is 0 Å². The lowest BCUT2D eigenvalue weighted by molar-refractivity contribution is 0.669. The molecular formula is C54H32N2O. The highest BCUT2D eigenvalue weighted by Crippen LogP contribution is 2.49. The maximum absolute atomic E-state index is 10.2. The summed E-state index contributed by atoms with van der Waals surface area (Å²) < 4.78 is 6.81. The molecule has 0 bridgehead atoms. The van der Waals surface area contributed by atoms with E-state index in [4.69, 9.17) is 4.42 Å². The average molecular weight is 725 g/mol. The topological polar surface area (TPSA) is 60.7 Å². The third kappa shape index (κ3) is 4.90. The van der Waals surface area contributed by atoms with Crippen molar-refractivity contribution >= 4 is 70.6 Å². The molecule has 0 saturated carbocycles. The van der Waals surface area contributed by atoms with Crippen LogP contribution in [0.15, 0.2) is 180 Å². The number of allylic oxidation sites excluding steroid dienone is 4. The molecule has 264 valence electrons. The fourth-order valence-electron chi connectivity index (χ4n) is 9.46. The summed E-state index contributed by atoms with van der Waals surface area (Å²) in [5, 5.41) is 31.5. The molecule has 10 aromatic rings. The number of benzene rings is 9. The minimum atomic E-state index is -0.207. The predicted molar refractivity (Wildman–Crippen MR) is 236 cm³/mol. The summed E-state index contributed by atoms with van der Waals surface area (Å²) >= 11 is 0. The molecular weight excluding hydrogens is 693 g/mol. The zero-order chi connectivity index (χ0) is 38.0. The smallest absolute Gasteiger partial charge is 0.136 e. The molecule has 0 fully saturated rings. The van der Waals surface area contributed by atoms with Crippen LogP contribution in [0.5, 0.6) is 0 Å². The van der Waals surface area contributed by atoms with Crippen LogP contribution in [0.25, 0.3) is 104 Å². The quantitative estimate of drug-likeness (QED) is 0.170. The van der Waals surface area contributed by atoms with Gasteiger partial charge in [-0.1, -0.05) is 152 Å². The van der Waals surface area contributed by atoms with Gasteiger partial charge >= 0.3 is 0 Å². The van der Waals surface area contributed by atoms with E-state index in [9.17, 15) is 10.5 Å². The Kier molecular flexibility index (Phi) is 7.43. The normalized spacial score (nSPS) is 14.1. The standard InChI is InChI=1S/C54H32N2O/c55-31-34-14-1-3-16-36(34)51-40-20-7-5-18-38(40)50(39-19-6-8-21-41(39)51)33-28-29-46-49(30-33)57-48-27-13-26-47(54(46)48)53-44-24-11-9-22-42(44)52(43-23-10-12-25-45(43)53)37-17-4-2-15-35(37)32-56/h1-14,16-30,35H,15H2. The molecule has 1 aliphatic rings. The molecule has 0 saturated heterocycles. The number of hydrogen-bond donors (Lipinski definition) is 0. The van der Waals surface area contributed by atoms with Crippen molar-refractivity contribution in [1.29, 1.82) is 10.5 Å². The Morgan fingerprint density at radius 2 is 1.00 bits per heavy atom. The van der Waals surface area contributed by atoms with E-state index in [0.29, 0.717) is 12.0 Å². The molecule has 1 aromatic heterocycles. The van der Waals surface area contributed by atoms with Crippen molar-refractivity contribution in [2.75, 3.05) is 0 Å². The first-order chi connectivity index (χ1) is 28.2. The highest BCUT2D eigenvalue weighted by atomic mass is 16.3. The van der Waals surface area contributed by atoms with E-state index in [1.165, 1.54) is 0 Å². The van der Waals surface area contributed by atoms with Gasteiger partial charge in [0.25, 0.3) is 0 Å². The summed E-state index contributed by atoms with van der Waals surface area (Å²) in [7, 11) is 0. The van der Waals surface area contributed by atoms with Crippen LogP contribution in [-0.2, 0) is 0 Å². The number of hydrogen-bond acceptors (Lipinski definition) is 3. The molecule has 1 heterocycles. The van der Waals surface area contributed by atoms with Crippen molar-refractivity contribution < 1.29 is 4.42 Å². The molecule has 9 aromatic carbocycles. The Morgan fingerprint density at radius 1 is 0.474 bits per heavy atom. The molecule has 1 aliphatic carbocycles. The summed E-state index contributed by atoms with van der Waals surface area (Å²) in [5.41, 5.74) is 11.0. The van der Waals surface area contributed by atoms with Gasteiger partial charge in [0.05, 0.1) is 23.6 Å². The van der Waals surface area contributed by atoms with E-state index < -0.39 is 0 Å². The first-order valence-corrected chi connectivity index (χ1v) is 19.3. The van der Waals surface area contributed by atoms with Crippen molar-refractivity contribution in [3.8, 4) is 45.5 Å². The molecule has 0 aliphatic heterocycles. The van der Waals surface area contributed by atoms with Crippen LogP contribution < -0.4 is 0 Å². The van der Waals surface area contributed by atoms with Crippen molar-refractivity contribution in [1.82, 2.24) is 0 Å². The zero-order valence-electron chi connectivity index (χ0n) is 30.8. The molecule has 3 heteroatoms. The zero-order valence-corrected chi connectivity index (χ0v) is 30.8. The average Bonchev–Trinajstić information content (AvgIpc) is 3.65. The van der Waals surface area contributed by atoms with E-state index in [-0.39, 0.29) is 5.92 Å². The van der Waals surface area contributed by atoms with E-state index in [1.54, 1.807) is 0 Å². The lowest BCUT2D eigenvalue weighted by Gasteiger charge is -2.22. The first kappa shape index (κ1) is 32.7.